The fourth-order valence-electron chi connectivity index (χ4n) is 1.47. The Bertz CT molecular complexity index is 463. The summed E-state index contributed by atoms with van der Waals surface area (Å²) in [5, 5.41) is 0.909. The minimum atomic E-state index is -2.52. The Labute approximate surface area is 79.0 Å². The van der Waals surface area contributed by atoms with E-state index in [1.807, 2.05) is 0 Å². The molecule has 14 heavy (non-hydrogen) atoms. The number of alkyl halides is 2. The van der Waals surface area contributed by atoms with Crippen LogP contribution in [0.25, 0.3) is 10.8 Å². The second kappa shape index (κ2) is 3.33. The molecule has 2 rings (SSSR count). The van der Waals surface area contributed by atoms with Crippen molar-refractivity contribution in [2.75, 3.05) is 0 Å². The van der Waals surface area contributed by atoms with Crippen molar-refractivity contribution in [2.24, 2.45) is 0 Å². The predicted octanol–water partition coefficient (Wildman–Crippen LogP) is 3.92. The SMILES string of the molecule is Fc1ccc2c(C(F)F)cccc2c1. The summed E-state index contributed by atoms with van der Waals surface area (Å²) < 4.78 is 37.8. The van der Waals surface area contributed by atoms with Gasteiger partial charge in [-0.1, -0.05) is 24.3 Å². The van der Waals surface area contributed by atoms with Crippen molar-refractivity contribution in [1.29, 1.82) is 0 Å². The molecule has 3 heteroatoms. The topological polar surface area (TPSA) is 0 Å². The molecule has 0 fully saturated rings. The monoisotopic (exact) mass is 196 g/mol. The van der Waals surface area contributed by atoms with Crippen LogP contribution < -0.4 is 0 Å². The van der Waals surface area contributed by atoms with E-state index in [0.29, 0.717) is 10.8 Å². The van der Waals surface area contributed by atoms with E-state index in [1.54, 1.807) is 6.07 Å². The van der Waals surface area contributed by atoms with Gasteiger partial charge in [-0.25, -0.2) is 13.2 Å². The fraction of sp³-hybridized carbons (Fsp3) is 0.0909. The number of rotatable bonds is 1. The van der Waals surface area contributed by atoms with E-state index >= 15 is 0 Å². The first kappa shape index (κ1) is 9.06. The van der Waals surface area contributed by atoms with Gasteiger partial charge in [0.2, 0.25) is 0 Å². The van der Waals surface area contributed by atoms with Crippen LogP contribution in [0, 0.1) is 5.82 Å². The van der Waals surface area contributed by atoms with Crippen molar-refractivity contribution in [1.82, 2.24) is 0 Å². The van der Waals surface area contributed by atoms with E-state index in [2.05, 4.69) is 0 Å². The lowest BCUT2D eigenvalue weighted by atomic mass is 10.0. The molecule has 0 bridgehead atoms. The first-order valence-electron chi connectivity index (χ1n) is 4.15. The van der Waals surface area contributed by atoms with Gasteiger partial charge in [0.15, 0.2) is 0 Å². The number of hydrogen-bond acceptors (Lipinski definition) is 0. The van der Waals surface area contributed by atoms with Gasteiger partial charge in [-0.2, -0.15) is 0 Å². The minimum absolute atomic E-state index is 0.0532. The molecule has 0 heterocycles. The van der Waals surface area contributed by atoms with Crippen LogP contribution in [0.4, 0.5) is 13.2 Å². The van der Waals surface area contributed by atoms with Gasteiger partial charge in [-0.05, 0) is 22.9 Å². The Balaban J connectivity index is 2.75. The van der Waals surface area contributed by atoms with Gasteiger partial charge < -0.3 is 0 Å². The average molecular weight is 196 g/mol. The largest absolute Gasteiger partial charge is 0.264 e. The van der Waals surface area contributed by atoms with Crippen molar-refractivity contribution in [3.05, 3.63) is 47.8 Å². The molecule has 0 aliphatic carbocycles. The lowest BCUT2D eigenvalue weighted by Crippen LogP contribution is -1.86. The molecular formula is C11H7F3. The molecule has 0 saturated carbocycles. The highest BCUT2D eigenvalue weighted by Gasteiger charge is 2.10. The maximum absolute atomic E-state index is 12.8. The third kappa shape index (κ3) is 1.45. The highest BCUT2D eigenvalue weighted by atomic mass is 19.3. The minimum Gasteiger partial charge on any atom is -0.207 e. The molecule has 0 spiro atoms. The standard InChI is InChI=1S/C11H7F3/c12-8-4-5-9-7(6-8)2-1-3-10(9)11(13)14/h1-6,11H. The summed E-state index contributed by atoms with van der Waals surface area (Å²) in [6.45, 7) is 0. The van der Waals surface area contributed by atoms with Crippen LogP contribution in [-0.4, -0.2) is 0 Å². The summed E-state index contributed by atoms with van der Waals surface area (Å²) in [5.74, 6) is -0.413. The molecule has 0 radical (unpaired) electrons. The highest BCUT2D eigenvalue weighted by Crippen LogP contribution is 2.27. The molecule has 0 aromatic heterocycles. The molecule has 0 N–H and O–H groups in total. The summed E-state index contributed by atoms with van der Waals surface area (Å²) in [4.78, 5) is 0. The van der Waals surface area contributed by atoms with Crippen molar-refractivity contribution >= 4 is 10.8 Å². The molecule has 0 unspecified atom stereocenters. The van der Waals surface area contributed by atoms with E-state index in [9.17, 15) is 13.2 Å². The predicted molar refractivity (Wildman–Crippen MR) is 48.9 cm³/mol. The van der Waals surface area contributed by atoms with Crippen molar-refractivity contribution in [2.45, 2.75) is 6.43 Å². The molecular weight excluding hydrogens is 189 g/mol. The third-order valence-corrected chi connectivity index (χ3v) is 2.11. The van der Waals surface area contributed by atoms with Gasteiger partial charge in [0, 0.05) is 5.56 Å². The molecule has 0 aliphatic rings. The van der Waals surface area contributed by atoms with Gasteiger partial charge >= 0.3 is 0 Å². The molecule has 0 amide bonds. The number of hydrogen-bond donors (Lipinski definition) is 0. The fourth-order valence-corrected chi connectivity index (χ4v) is 1.47. The Kier molecular flexibility index (Phi) is 2.15. The maximum atomic E-state index is 12.8. The van der Waals surface area contributed by atoms with Crippen LogP contribution in [0.1, 0.15) is 12.0 Å². The second-order valence-corrected chi connectivity index (χ2v) is 3.01. The van der Waals surface area contributed by atoms with Gasteiger partial charge in [-0.15, -0.1) is 0 Å². The van der Waals surface area contributed by atoms with Crippen LogP contribution in [0.3, 0.4) is 0 Å². The van der Waals surface area contributed by atoms with E-state index in [1.165, 1.54) is 30.3 Å². The van der Waals surface area contributed by atoms with Crippen LogP contribution >= 0.6 is 0 Å². The van der Waals surface area contributed by atoms with Gasteiger partial charge in [0.1, 0.15) is 5.82 Å². The summed E-state index contributed by atoms with van der Waals surface area (Å²) in [5.41, 5.74) is -0.0532. The second-order valence-electron chi connectivity index (χ2n) is 3.01. The quantitative estimate of drug-likeness (QED) is 0.648. The molecule has 0 saturated heterocycles. The molecule has 2 aromatic rings. The number of benzene rings is 2. The first-order valence-corrected chi connectivity index (χ1v) is 4.15. The Morgan fingerprint density at radius 3 is 2.50 bits per heavy atom. The van der Waals surface area contributed by atoms with E-state index < -0.39 is 12.2 Å². The summed E-state index contributed by atoms with van der Waals surface area (Å²) >= 11 is 0. The Morgan fingerprint density at radius 1 is 1.00 bits per heavy atom. The number of fused-ring (bicyclic) bond motifs is 1. The van der Waals surface area contributed by atoms with E-state index in [0.717, 1.165) is 0 Å². The normalized spacial score (nSPS) is 11.1. The zero-order valence-electron chi connectivity index (χ0n) is 7.18. The summed E-state index contributed by atoms with van der Waals surface area (Å²) in [6.07, 6.45) is -2.52. The molecule has 0 nitrogen and oxygen atoms in total. The van der Waals surface area contributed by atoms with Crippen molar-refractivity contribution in [3.8, 4) is 0 Å². The average Bonchev–Trinajstić information content (AvgIpc) is 2.16. The molecule has 2 aromatic carbocycles. The van der Waals surface area contributed by atoms with Gasteiger partial charge in [-0.3, -0.25) is 0 Å². The van der Waals surface area contributed by atoms with Crippen LogP contribution in [-0.2, 0) is 0 Å². The van der Waals surface area contributed by atoms with Crippen LogP contribution in [0.15, 0.2) is 36.4 Å². The summed E-state index contributed by atoms with van der Waals surface area (Å²) in [7, 11) is 0. The Morgan fingerprint density at radius 2 is 1.79 bits per heavy atom. The van der Waals surface area contributed by atoms with E-state index in [-0.39, 0.29) is 5.56 Å². The molecule has 0 aliphatic heterocycles. The Hall–Kier alpha value is -1.51. The van der Waals surface area contributed by atoms with Gasteiger partial charge in [0.25, 0.3) is 6.43 Å². The molecule has 72 valence electrons. The van der Waals surface area contributed by atoms with Crippen LogP contribution in [0.2, 0.25) is 0 Å². The van der Waals surface area contributed by atoms with E-state index in [4.69, 9.17) is 0 Å². The smallest absolute Gasteiger partial charge is 0.207 e. The van der Waals surface area contributed by atoms with Crippen molar-refractivity contribution in [3.63, 3.8) is 0 Å². The molecule has 0 atom stereocenters. The van der Waals surface area contributed by atoms with Gasteiger partial charge in [0.05, 0.1) is 0 Å². The lowest BCUT2D eigenvalue weighted by molar-refractivity contribution is 0.153. The van der Waals surface area contributed by atoms with Crippen molar-refractivity contribution < 1.29 is 13.2 Å². The highest BCUT2D eigenvalue weighted by molar-refractivity contribution is 5.85. The summed E-state index contributed by atoms with van der Waals surface area (Å²) in [6, 6.07) is 8.29. The third-order valence-electron chi connectivity index (χ3n) is 2.11. The first-order chi connectivity index (χ1) is 6.68. The zero-order valence-corrected chi connectivity index (χ0v) is 7.18. The van der Waals surface area contributed by atoms with Crippen LogP contribution in [0.5, 0.6) is 0 Å². The lowest BCUT2D eigenvalue weighted by Gasteiger charge is -2.04. The zero-order chi connectivity index (χ0) is 10.1. The maximum Gasteiger partial charge on any atom is 0.264 e. The number of halogens is 3.